The van der Waals surface area contributed by atoms with Crippen molar-refractivity contribution in [3.63, 3.8) is 0 Å². The predicted molar refractivity (Wildman–Crippen MR) is 68.3 cm³/mol. The molecule has 0 bridgehead atoms. The summed E-state index contributed by atoms with van der Waals surface area (Å²) in [5, 5.41) is 3.63. The topological polar surface area (TPSA) is 75.6 Å². The lowest BCUT2D eigenvalue weighted by molar-refractivity contribution is 0.183. The molecule has 1 fully saturated rings. The molecule has 1 saturated heterocycles. The largest absolute Gasteiger partial charge is 0.397 e. The third-order valence-corrected chi connectivity index (χ3v) is 3.08. The zero-order chi connectivity index (χ0) is 13.7. The Morgan fingerprint density at radius 3 is 1.71 bits per heavy atom. The molecule has 2 N–H and O–H groups in total. The lowest BCUT2D eigenvalue weighted by atomic mass is 9.83. The van der Waals surface area contributed by atoms with Crippen LogP contribution >= 0.6 is 0 Å². The molecule has 0 aliphatic carbocycles. The minimum absolute atomic E-state index is 0.0289. The van der Waals surface area contributed by atoms with E-state index in [2.05, 4.69) is 37.2 Å². The van der Waals surface area contributed by atoms with E-state index in [1.165, 1.54) is 26.2 Å². The van der Waals surface area contributed by atoms with E-state index in [9.17, 15) is 8.42 Å². The number of rotatable bonds is 2. The molecule has 0 aromatic rings. The lowest BCUT2D eigenvalue weighted by Crippen LogP contribution is -2.55. The van der Waals surface area contributed by atoms with Crippen LogP contribution in [0.3, 0.4) is 0 Å². The van der Waals surface area contributed by atoms with Gasteiger partial charge in [-0.3, -0.25) is 4.55 Å². The van der Waals surface area contributed by atoms with Crippen LogP contribution in [0.1, 0.15) is 53.9 Å². The van der Waals surface area contributed by atoms with Gasteiger partial charge in [-0.1, -0.05) is 0 Å². The van der Waals surface area contributed by atoms with Crippen molar-refractivity contribution >= 4 is 10.4 Å². The Kier molecular flexibility index (Phi) is 6.07. The van der Waals surface area contributed by atoms with Crippen LogP contribution in [0.2, 0.25) is 0 Å². The average molecular weight is 267 g/mol. The van der Waals surface area contributed by atoms with Crippen molar-refractivity contribution in [1.29, 1.82) is 0 Å². The summed E-state index contributed by atoms with van der Waals surface area (Å²) in [5.74, 6) is 0. The van der Waals surface area contributed by atoms with Crippen LogP contribution in [0.15, 0.2) is 0 Å². The van der Waals surface area contributed by atoms with Gasteiger partial charge in [0.15, 0.2) is 0 Å². The molecule has 1 heterocycles. The molecule has 0 radical (unpaired) electrons. The van der Waals surface area contributed by atoms with Crippen LogP contribution in [-0.2, 0) is 14.6 Å². The molecular formula is C11H25NO4S. The maximum absolute atomic E-state index is 9.56. The Bertz CT molecular complexity index is 308. The fourth-order valence-electron chi connectivity index (χ4n) is 2.16. The van der Waals surface area contributed by atoms with Gasteiger partial charge in [-0.15, -0.1) is 0 Å². The SMILES string of the molecule is CC1(C)CCCC(C)(C)N1.CCOS(=O)(=O)O. The quantitative estimate of drug-likeness (QED) is 0.750. The number of hydrogen-bond donors (Lipinski definition) is 2. The standard InChI is InChI=1S/C9H19N.C2H6O4S/c1-8(2)6-5-7-9(3,4)10-8;1-2-6-7(3,4)5/h10H,5-7H2,1-4H3;2H2,1H3,(H,3,4,5). The Morgan fingerprint density at radius 2 is 1.59 bits per heavy atom. The molecule has 104 valence electrons. The van der Waals surface area contributed by atoms with Crippen LogP contribution in [0, 0.1) is 0 Å². The van der Waals surface area contributed by atoms with E-state index in [1.54, 1.807) is 0 Å². The number of hydrogen-bond acceptors (Lipinski definition) is 4. The number of nitrogens with one attached hydrogen (secondary N) is 1. The van der Waals surface area contributed by atoms with E-state index in [4.69, 9.17) is 4.55 Å². The molecule has 0 unspecified atom stereocenters. The van der Waals surface area contributed by atoms with Crippen LogP contribution in [-0.4, -0.2) is 30.7 Å². The molecule has 0 aromatic heterocycles. The van der Waals surface area contributed by atoms with E-state index >= 15 is 0 Å². The highest BCUT2D eigenvalue weighted by molar-refractivity contribution is 7.80. The van der Waals surface area contributed by atoms with Gasteiger partial charge in [-0.2, -0.15) is 8.42 Å². The zero-order valence-electron chi connectivity index (χ0n) is 11.4. The predicted octanol–water partition coefficient (Wildman–Crippen LogP) is 2.14. The smallest absolute Gasteiger partial charge is 0.307 e. The summed E-state index contributed by atoms with van der Waals surface area (Å²) < 4.78 is 30.7. The molecule has 1 aliphatic heterocycles. The van der Waals surface area contributed by atoms with Gasteiger partial charge in [-0.05, 0) is 53.9 Å². The van der Waals surface area contributed by atoms with Gasteiger partial charge in [0.25, 0.3) is 0 Å². The highest BCUT2D eigenvalue weighted by atomic mass is 32.3. The second kappa shape index (κ2) is 6.13. The molecule has 0 spiro atoms. The van der Waals surface area contributed by atoms with E-state index < -0.39 is 10.4 Å². The van der Waals surface area contributed by atoms with E-state index in [0.717, 1.165) is 0 Å². The zero-order valence-corrected chi connectivity index (χ0v) is 12.2. The minimum Gasteiger partial charge on any atom is -0.307 e. The molecule has 6 heteroatoms. The molecule has 5 nitrogen and oxygen atoms in total. The lowest BCUT2D eigenvalue weighted by Gasteiger charge is -2.42. The Balaban J connectivity index is 0.000000325. The van der Waals surface area contributed by atoms with Crippen molar-refractivity contribution in [2.24, 2.45) is 0 Å². The summed E-state index contributed by atoms with van der Waals surface area (Å²) in [6.07, 6.45) is 4.00. The van der Waals surface area contributed by atoms with Crippen molar-refractivity contribution in [2.45, 2.75) is 65.0 Å². The Labute approximate surface area is 105 Å². The van der Waals surface area contributed by atoms with Crippen molar-refractivity contribution in [3.8, 4) is 0 Å². The Morgan fingerprint density at radius 1 is 1.18 bits per heavy atom. The first-order chi connectivity index (χ1) is 7.47. The first-order valence-electron chi connectivity index (χ1n) is 5.89. The molecule has 0 atom stereocenters. The van der Waals surface area contributed by atoms with Gasteiger partial charge in [0, 0.05) is 11.1 Å². The summed E-state index contributed by atoms with van der Waals surface area (Å²) in [5.41, 5.74) is 0.726. The maximum atomic E-state index is 9.56. The summed E-state index contributed by atoms with van der Waals surface area (Å²) in [4.78, 5) is 0. The maximum Gasteiger partial charge on any atom is 0.397 e. The summed E-state index contributed by atoms with van der Waals surface area (Å²) >= 11 is 0. The van der Waals surface area contributed by atoms with Crippen LogP contribution < -0.4 is 5.32 Å². The minimum atomic E-state index is -4.17. The van der Waals surface area contributed by atoms with Gasteiger partial charge in [0.05, 0.1) is 6.61 Å². The van der Waals surface area contributed by atoms with Crippen molar-refractivity contribution < 1.29 is 17.2 Å². The highest BCUT2D eigenvalue weighted by Gasteiger charge is 2.31. The molecular weight excluding hydrogens is 242 g/mol. The second-order valence-corrected chi connectivity index (χ2v) is 6.67. The fraction of sp³-hybridized carbons (Fsp3) is 1.00. The van der Waals surface area contributed by atoms with Crippen molar-refractivity contribution in [3.05, 3.63) is 0 Å². The molecule has 0 saturated carbocycles. The molecule has 1 rings (SSSR count). The van der Waals surface area contributed by atoms with Crippen LogP contribution in [0.5, 0.6) is 0 Å². The van der Waals surface area contributed by atoms with Crippen molar-refractivity contribution in [1.82, 2.24) is 5.32 Å². The number of piperidine rings is 1. The average Bonchev–Trinajstić information content (AvgIpc) is 1.96. The monoisotopic (exact) mass is 267 g/mol. The summed E-state index contributed by atoms with van der Waals surface area (Å²) in [6, 6.07) is 0. The first-order valence-corrected chi connectivity index (χ1v) is 7.25. The van der Waals surface area contributed by atoms with Gasteiger partial charge in [0.1, 0.15) is 0 Å². The Hall–Kier alpha value is -0.170. The second-order valence-electron chi connectivity index (χ2n) is 5.58. The summed E-state index contributed by atoms with van der Waals surface area (Å²) in [6.45, 7) is 10.6. The van der Waals surface area contributed by atoms with E-state index in [1.807, 2.05) is 0 Å². The normalized spacial score (nSPS) is 22.5. The third-order valence-electron chi connectivity index (χ3n) is 2.55. The highest BCUT2D eigenvalue weighted by Crippen LogP contribution is 2.27. The molecule has 0 aromatic carbocycles. The third kappa shape index (κ3) is 9.52. The van der Waals surface area contributed by atoms with Gasteiger partial charge >= 0.3 is 10.4 Å². The van der Waals surface area contributed by atoms with Crippen molar-refractivity contribution in [2.75, 3.05) is 6.61 Å². The van der Waals surface area contributed by atoms with E-state index in [0.29, 0.717) is 11.1 Å². The van der Waals surface area contributed by atoms with Crippen LogP contribution in [0.4, 0.5) is 0 Å². The molecule has 0 amide bonds. The molecule has 17 heavy (non-hydrogen) atoms. The molecule has 1 aliphatic rings. The van der Waals surface area contributed by atoms with Gasteiger partial charge < -0.3 is 5.32 Å². The van der Waals surface area contributed by atoms with E-state index in [-0.39, 0.29) is 6.61 Å². The first kappa shape index (κ1) is 16.8. The summed E-state index contributed by atoms with van der Waals surface area (Å²) in [7, 11) is -4.17. The fourth-order valence-corrected chi connectivity index (χ4v) is 2.46. The van der Waals surface area contributed by atoms with Gasteiger partial charge in [-0.25, -0.2) is 4.18 Å². The van der Waals surface area contributed by atoms with Gasteiger partial charge in [0.2, 0.25) is 0 Å². The van der Waals surface area contributed by atoms with Crippen LogP contribution in [0.25, 0.3) is 0 Å².